The lowest BCUT2D eigenvalue weighted by Crippen LogP contribution is -2.37. The molecule has 1 aliphatic rings. The molecule has 1 fully saturated rings. The van der Waals surface area contributed by atoms with Crippen LogP contribution in [-0.2, 0) is 9.59 Å². The van der Waals surface area contributed by atoms with Crippen LogP contribution in [0.1, 0.15) is 59.8 Å². The summed E-state index contributed by atoms with van der Waals surface area (Å²) >= 11 is 0. The van der Waals surface area contributed by atoms with E-state index in [0.717, 1.165) is 25.8 Å². The highest BCUT2D eigenvalue weighted by atomic mass is 16.4. The Kier molecular flexibility index (Phi) is 5.39. The van der Waals surface area contributed by atoms with Gasteiger partial charge in [0, 0.05) is 19.0 Å². The minimum atomic E-state index is -0.813. The fourth-order valence-electron chi connectivity index (χ4n) is 3.11. The normalized spacial score (nSPS) is 21.5. The average Bonchev–Trinajstić information content (AvgIpc) is 2.61. The molecule has 0 aromatic heterocycles. The summed E-state index contributed by atoms with van der Waals surface area (Å²) in [5, 5.41) is 8.87. The first-order valence-electron chi connectivity index (χ1n) is 7.20. The lowest BCUT2D eigenvalue weighted by Gasteiger charge is -2.27. The Morgan fingerprint density at radius 3 is 2.53 bits per heavy atom. The van der Waals surface area contributed by atoms with Crippen molar-refractivity contribution in [3.8, 4) is 0 Å². The van der Waals surface area contributed by atoms with E-state index in [1.54, 1.807) is 4.90 Å². The summed E-state index contributed by atoms with van der Waals surface area (Å²) in [4.78, 5) is 24.8. The van der Waals surface area contributed by atoms with Gasteiger partial charge < -0.3 is 10.0 Å². The highest BCUT2D eigenvalue weighted by Crippen LogP contribution is 2.28. The molecule has 0 aromatic carbocycles. The maximum Gasteiger partial charge on any atom is 0.305 e. The molecule has 0 radical (unpaired) electrons. The maximum absolute atomic E-state index is 12.3. The zero-order chi connectivity index (χ0) is 14.6. The number of carbonyl (C=O) groups excluding carboxylic acids is 1. The van der Waals surface area contributed by atoms with Gasteiger partial charge in [-0.25, -0.2) is 0 Å². The quantitative estimate of drug-likeness (QED) is 0.835. The van der Waals surface area contributed by atoms with Crippen molar-refractivity contribution in [2.75, 3.05) is 6.54 Å². The number of rotatable bonds is 5. The largest absolute Gasteiger partial charge is 0.481 e. The number of amides is 1. The van der Waals surface area contributed by atoms with E-state index in [0.29, 0.717) is 12.3 Å². The first-order chi connectivity index (χ1) is 8.69. The third kappa shape index (κ3) is 5.62. The Balaban J connectivity index is 2.50. The predicted molar refractivity (Wildman–Crippen MR) is 74.8 cm³/mol. The van der Waals surface area contributed by atoms with E-state index >= 15 is 0 Å². The van der Waals surface area contributed by atoms with E-state index in [1.165, 1.54) is 0 Å². The number of carbonyl (C=O) groups is 2. The van der Waals surface area contributed by atoms with Crippen molar-refractivity contribution in [1.29, 1.82) is 0 Å². The first-order valence-corrected chi connectivity index (χ1v) is 7.20. The second-order valence-corrected chi connectivity index (χ2v) is 7.06. The van der Waals surface area contributed by atoms with Gasteiger partial charge in [0.1, 0.15) is 0 Å². The third-order valence-corrected chi connectivity index (χ3v) is 3.59. The van der Waals surface area contributed by atoms with E-state index in [-0.39, 0.29) is 23.8 Å². The van der Waals surface area contributed by atoms with Crippen molar-refractivity contribution < 1.29 is 14.7 Å². The van der Waals surface area contributed by atoms with Gasteiger partial charge in [-0.3, -0.25) is 9.59 Å². The van der Waals surface area contributed by atoms with Crippen molar-refractivity contribution in [2.24, 2.45) is 11.3 Å². The molecule has 4 nitrogen and oxygen atoms in total. The molecule has 2 unspecified atom stereocenters. The first kappa shape index (κ1) is 16.0. The molecule has 1 saturated heterocycles. The van der Waals surface area contributed by atoms with E-state index in [9.17, 15) is 9.59 Å². The molecule has 0 aliphatic carbocycles. The van der Waals surface area contributed by atoms with Crippen LogP contribution in [0, 0.1) is 11.3 Å². The summed E-state index contributed by atoms with van der Waals surface area (Å²) in [6, 6.07) is -0.0909. The van der Waals surface area contributed by atoms with Crippen molar-refractivity contribution in [3.05, 3.63) is 0 Å². The molecule has 1 N–H and O–H groups in total. The molecule has 1 aliphatic heterocycles. The molecule has 0 spiro atoms. The molecular weight excluding hydrogens is 242 g/mol. The molecule has 4 heteroatoms. The van der Waals surface area contributed by atoms with Gasteiger partial charge in [0.2, 0.25) is 5.91 Å². The van der Waals surface area contributed by atoms with E-state index < -0.39 is 5.97 Å². The minimum Gasteiger partial charge on any atom is -0.481 e. The lowest BCUT2D eigenvalue weighted by molar-refractivity contribution is -0.140. The number of carboxylic acids is 1. The van der Waals surface area contributed by atoms with Crippen LogP contribution < -0.4 is 0 Å². The molecule has 1 rings (SSSR count). The Labute approximate surface area is 116 Å². The van der Waals surface area contributed by atoms with Gasteiger partial charge in [0.05, 0.1) is 6.42 Å². The second-order valence-electron chi connectivity index (χ2n) is 7.06. The average molecular weight is 269 g/mol. The van der Waals surface area contributed by atoms with E-state index in [4.69, 9.17) is 5.11 Å². The Hall–Kier alpha value is -1.06. The van der Waals surface area contributed by atoms with Gasteiger partial charge in [0.25, 0.3) is 0 Å². The summed E-state index contributed by atoms with van der Waals surface area (Å²) in [6.07, 6.45) is 3.38. The minimum absolute atomic E-state index is 0.0827. The van der Waals surface area contributed by atoms with Gasteiger partial charge >= 0.3 is 5.97 Å². The summed E-state index contributed by atoms with van der Waals surface area (Å²) in [5.74, 6) is -0.341. The number of carboxylic acid groups (broad SMARTS) is 1. The molecule has 110 valence electrons. The van der Waals surface area contributed by atoms with Crippen molar-refractivity contribution in [2.45, 2.75) is 65.8 Å². The summed E-state index contributed by atoms with van der Waals surface area (Å²) < 4.78 is 0. The summed E-state index contributed by atoms with van der Waals surface area (Å²) in [7, 11) is 0. The zero-order valence-electron chi connectivity index (χ0n) is 12.6. The van der Waals surface area contributed by atoms with Gasteiger partial charge in [-0.15, -0.1) is 0 Å². The van der Waals surface area contributed by atoms with Crippen LogP contribution in [0.2, 0.25) is 0 Å². The van der Waals surface area contributed by atoms with Crippen molar-refractivity contribution in [3.63, 3.8) is 0 Å². The number of nitrogens with zero attached hydrogens (tertiary/aromatic N) is 1. The third-order valence-electron chi connectivity index (χ3n) is 3.59. The van der Waals surface area contributed by atoms with Crippen LogP contribution in [0.3, 0.4) is 0 Å². The SMILES string of the molecule is CC(CC(=O)N1CCCC1CC(=O)O)CC(C)(C)C. The van der Waals surface area contributed by atoms with Crippen LogP contribution in [0.25, 0.3) is 0 Å². The number of likely N-dealkylation sites (tertiary alicyclic amines) is 1. The molecule has 0 aromatic rings. The molecule has 0 bridgehead atoms. The number of hydrogen-bond donors (Lipinski definition) is 1. The highest BCUT2D eigenvalue weighted by molar-refractivity contribution is 5.78. The Morgan fingerprint density at radius 2 is 2.00 bits per heavy atom. The lowest BCUT2D eigenvalue weighted by atomic mass is 9.84. The van der Waals surface area contributed by atoms with Gasteiger partial charge in [0.15, 0.2) is 0 Å². The standard InChI is InChI=1S/C15H27NO3/c1-11(10-15(2,3)4)8-13(17)16-7-5-6-12(16)9-14(18)19/h11-12H,5-10H2,1-4H3,(H,18,19). The molecular formula is C15H27NO3. The van der Waals surface area contributed by atoms with Gasteiger partial charge in [-0.1, -0.05) is 27.7 Å². The van der Waals surface area contributed by atoms with Crippen LogP contribution in [0.4, 0.5) is 0 Å². The Bertz CT molecular complexity index is 333. The van der Waals surface area contributed by atoms with Crippen LogP contribution in [0.15, 0.2) is 0 Å². The van der Waals surface area contributed by atoms with Crippen LogP contribution in [-0.4, -0.2) is 34.5 Å². The van der Waals surface area contributed by atoms with Crippen LogP contribution in [0.5, 0.6) is 0 Å². The topological polar surface area (TPSA) is 57.6 Å². The second kappa shape index (κ2) is 6.40. The fraction of sp³-hybridized carbons (Fsp3) is 0.867. The fourth-order valence-corrected chi connectivity index (χ4v) is 3.11. The molecule has 2 atom stereocenters. The molecule has 1 heterocycles. The monoisotopic (exact) mass is 269 g/mol. The summed E-state index contributed by atoms with van der Waals surface area (Å²) in [6.45, 7) is 9.36. The Morgan fingerprint density at radius 1 is 1.37 bits per heavy atom. The van der Waals surface area contributed by atoms with Gasteiger partial charge in [-0.05, 0) is 30.6 Å². The predicted octanol–water partition coefficient (Wildman–Crippen LogP) is 2.91. The highest BCUT2D eigenvalue weighted by Gasteiger charge is 2.31. The molecule has 1 amide bonds. The van der Waals surface area contributed by atoms with E-state index in [2.05, 4.69) is 27.7 Å². The van der Waals surface area contributed by atoms with Gasteiger partial charge in [-0.2, -0.15) is 0 Å². The van der Waals surface area contributed by atoms with Crippen molar-refractivity contribution in [1.82, 2.24) is 4.90 Å². The van der Waals surface area contributed by atoms with E-state index in [1.807, 2.05) is 0 Å². The maximum atomic E-state index is 12.3. The summed E-state index contributed by atoms with van der Waals surface area (Å²) in [5.41, 5.74) is 0.227. The van der Waals surface area contributed by atoms with Crippen molar-refractivity contribution >= 4 is 11.9 Å². The van der Waals surface area contributed by atoms with Crippen LogP contribution >= 0.6 is 0 Å². The number of aliphatic carboxylic acids is 1. The molecule has 0 saturated carbocycles. The smallest absolute Gasteiger partial charge is 0.305 e. The number of hydrogen-bond acceptors (Lipinski definition) is 2. The zero-order valence-corrected chi connectivity index (χ0v) is 12.6. The molecule has 19 heavy (non-hydrogen) atoms.